The summed E-state index contributed by atoms with van der Waals surface area (Å²) in [6, 6.07) is 7.95. The van der Waals surface area contributed by atoms with E-state index < -0.39 is 34.6 Å². The van der Waals surface area contributed by atoms with Gasteiger partial charge >= 0.3 is 0 Å². The van der Waals surface area contributed by atoms with Crippen molar-refractivity contribution in [3.05, 3.63) is 41.4 Å². The Labute approximate surface area is 216 Å². The lowest BCUT2D eigenvalue weighted by Crippen LogP contribution is -2.53. The highest BCUT2D eigenvalue weighted by Gasteiger charge is 2.45. The molecule has 2 aromatic rings. The van der Waals surface area contributed by atoms with Crippen molar-refractivity contribution in [3.8, 4) is 0 Å². The summed E-state index contributed by atoms with van der Waals surface area (Å²) in [5, 5.41) is 1.98. The van der Waals surface area contributed by atoms with Crippen molar-refractivity contribution < 1.29 is 27.5 Å². The van der Waals surface area contributed by atoms with E-state index in [0.29, 0.717) is 36.7 Å². The number of ketones is 1. The van der Waals surface area contributed by atoms with Crippen molar-refractivity contribution in [2.45, 2.75) is 43.7 Å². The predicted molar refractivity (Wildman–Crippen MR) is 135 cm³/mol. The first-order chi connectivity index (χ1) is 17.1. The summed E-state index contributed by atoms with van der Waals surface area (Å²) < 4.78 is 33.8. The zero-order valence-corrected chi connectivity index (χ0v) is 21.9. The third-order valence-corrected chi connectivity index (χ3v) is 8.90. The van der Waals surface area contributed by atoms with E-state index in [9.17, 15) is 22.8 Å². The van der Waals surface area contributed by atoms with Crippen LogP contribution in [0, 0.1) is 0 Å². The number of nitrogens with zero attached hydrogens (tertiary/aromatic N) is 3. The standard InChI is InChI=1S/C25H30ClN3O6S/c1-3-21(30)16-29(36(33,34)22-7-5-18-14-20(26)6-4-19(18)15-22)23-8-9-28(25(23)32)17(2)24(31)27-10-12-35-13-11-27/h4-7,14-15,17,23H,3,8-13,16H2,1-2H3/t17-,23-/m0/s1. The number of benzene rings is 2. The number of hydrogen-bond donors (Lipinski definition) is 0. The molecule has 2 fully saturated rings. The molecule has 11 heteroatoms. The fourth-order valence-electron chi connectivity index (χ4n) is 4.66. The van der Waals surface area contributed by atoms with Crippen molar-refractivity contribution in [2.24, 2.45) is 0 Å². The zero-order chi connectivity index (χ0) is 26.0. The maximum absolute atomic E-state index is 13.8. The highest BCUT2D eigenvalue weighted by molar-refractivity contribution is 7.89. The van der Waals surface area contributed by atoms with E-state index in [4.69, 9.17) is 16.3 Å². The van der Waals surface area contributed by atoms with Gasteiger partial charge in [-0.3, -0.25) is 14.4 Å². The molecule has 0 saturated carbocycles. The van der Waals surface area contributed by atoms with Gasteiger partial charge in [-0.1, -0.05) is 30.7 Å². The van der Waals surface area contributed by atoms with Crippen LogP contribution in [0.4, 0.5) is 0 Å². The maximum Gasteiger partial charge on any atom is 0.245 e. The number of amides is 2. The molecule has 2 saturated heterocycles. The van der Waals surface area contributed by atoms with Gasteiger partial charge in [-0.05, 0) is 48.4 Å². The first kappa shape index (κ1) is 26.5. The summed E-state index contributed by atoms with van der Waals surface area (Å²) in [5.74, 6) is -0.960. The summed E-state index contributed by atoms with van der Waals surface area (Å²) in [6.07, 6.45) is 0.331. The Morgan fingerprint density at radius 2 is 1.78 bits per heavy atom. The van der Waals surface area contributed by atoms with Crippen LogP contribution < -0.4 is 0 Å². The number of sulfonamides is 1. The molecular formula is C25H30ClN3O6S. The second-order valence-corrected chi connectivity index (χ2v) is 11.4. The van der Waals surface area contributed by atoms with Crippen LogP contribution in [-0.2, 0) is 29.1 Å². The molecule has 2 atom stereocenters. The van der Waals surface area contributed by atoms with Crippen LogP contribution in [-0.4, -0.2) is 91.6 Å². The molecule has 0 radical (unpaired) electrons. The van der Waals surface area contributed by atoms with Gasteiger partial charge in [-0.25, -0.2) is 8.42 Å². The Balaban J connectivity index is 1.62. The third-order valence-electron chi connectivity index (χ3n) is 6.81. The molecule has 36 heavy (non-hydrogen) atoms. The summed E-state index contributed by atoms with van der Waals surface area (Å²) in [6.45, 7) is 4.91. The molecule has 2 aromatic carbocycles. The Hall–Kier alpha value is -2.53. The molecule has 0 aromatic heterocycles. The van der Waals surface area contributed by atoms with Crippen molar-refractivity contribution >= 4 is 50.0 Å². The number of hydrogen-bond acceptors (Lipinski definition) is 6. The number of ether oxygens (including phenoxy) is 1. The highest BCUT2D eigenvalue weighted by Crippen LogP contribution is 2.29. The average Bonchev–Trinajstić information content (AvgIpc) is 3.26. The summed E-state index contributed by atoms with van der Waals surface area (Å²) in [7, 11) is -4.19. The second kappa shape index (κ2) is 10.8. The first-order valence-electron chi connectivity index (χ1n) is 12.0. The molecule has 4 rings (SSSR count). The van der Waals surface area contributed by atoms with Gasteiger partial charge in [0.1, 0.15) is 17.9 Å². The van der Waals surface area contributed by atoms with Crippen LogP contribution in [0.2, 0.25) is 5.02 Å². The van der Waals surface area contributed by atoms with Gasteiger partial charge in [0, 0.05) is 31.1 Å². The van der Waals surface area contributed by atoms with Crippen molar-refractivity contribution in [2.75, 3.05) is 39.4 Å². The van der Waals surface area contributed by atoms with E-state index in [2.05, 4.69) is 0 Å². The number of likely N-dealkylation sites (tertiary alicyclic amines) is 1. The number of Topliss-reactive ketones (excluding diaryl/α,β-unsaturated/α-hetero) is 1. The largest absolute Gasteiger partial charge is 0.378 e. The molecule has 2 aliphatic rings. The fourth-order valence-corrected chi connectivity index (χ4v) is 6.47. The van der Waals surface area contributed by atoms with E-state index >= 15 is 0 Å². The maximum atomic E-state index is 13.8. The Kier molecular flexibility index (Phi) is 7.99. The van der Waals surface area contributed by atoms with E-state index in [1.54, 1.807) is 43.0 Å². The molecule has 0 unspecified atom stereocenters. The number of halogens is 1. The van der Waals surface area contributed by atoms with Crippen LogP contribution in [0.3, 0.4) is 0 Å². The molecule has 2 amide bonds. The van der Waals surface area contributed by atoms with Crippen LogP contribution in [0.5, 0.6) is 0 Å². The molecule has 0 aliphatic carbocycles. The Bertz CT molecular complexity index is 1280. The number of morpholine rings is 1. The molecular weight excluding hydrogens is 506 g/mol. The third kappa shape index (κ3) is 5.27. The van der Waals surface area contributed by atoms with Crippen molar-refractivity contribution in [1.29, 1.82) is 0 Å². The molecule has 2 heterocycles. The monoisotopic (exact) mass is 535 g/mol. The zero-order valence-electron chi connectivity index (χ0n) is 20.4. The van der Waals surface area contributed by atoms with Crippen molar-refractivity contribution in [3.63, 3.8) is 0 Å². The lowest BCUT2D eigenvalue weighted by molar-refractivity contribution is -0.146. The van der Waals surface area contributed by atoms with E-state index in [1.165, 1.54) is 17.0 Å². The minimum atomic E-state index is -4.19. The van der Waals surface area contributed by atoms with Gasteiger partial charge in [-0.2, -0.15) is 4.31 Å². The minimum absolute atomic E-state index is 0.00934. The van der Waals surface area contributed by atoms with Crippen LogP contribution in [0.25, 0.3) is 10.8 Å². The van der Waals surface area contributed by atoms with Crippen LogP contribution >= 0.6 is 11.6 Å². The molecule has 194 valence electrons. The van der Waals surface area contributed by atoms with Gasteiger partial charge < -0.3 is 14.5 Å². The normalized spacial score (nSPS) is 19.8. The number of fused-ring (bicyclic) bond motifs is 1. The molecule has 9 nitrogen and oxygen atoms in total. The highest BCUT2D eigenvalue weighted by atomic mass is 35.5. The second-order valence-electron chi connectivity index (χ2n) is 9.05. The lowest BCUT2D eigenvalue weighted by atomic mass is 10.1. The van der Waals surface area contributed by atoms with Gasteiger partial charge in [0.15, 0.2) is 0 Å². The number of rotatable bonds is 8. The van der Waals surface area contributed by atoms with Gasteiger partial charge in [0.05, 0.1) is 24.7 Å². The Morgan fingerprint density at radius 1 is 1.11 bits per heavy atom. The predicted octanol–water partition coefficient (Wildman–Crippen LogP) is 2.31. The molecule has 2 aliphatic heterocycles. The van der Waals surface area contributed by atoms with Crippen LogP contribution in [0.1, 0.15) is 26.7 Å². The topological polar surface area (TPSA) is 104 Å². The SMILES string of the molecule is CCC(=O)CN([C@H]1CCN([C@@H](C)C(=O)N2CCOCC2)C1=O)S(=O)(=O)c1ccc2cc(Cl)ccc2c1. The quantitative estimate of drug-likeness (QED) is 0.514. The number of carbonyl (C=O) groups excluding carboxylic acids is 3. The Morgan fingerprint density at radius 3 is 2.47 bits per heavy atom. The fraction of sp³-hybridized carbons (Fsp3) is 0.480. The smallest absolute Gasteiger partial charge is 0.245 e. The minimum Gasteiger partial charge on any atom is -0.378 e. The van der Waals surface area contributed by atoms with Gasteiger partial charge in [-0.15, -0.1) is 0 Å². The van der Waals surface area contributed by atoms with E-state index in [-0.39, 0.29) is 36.0 Å². The summed E-state index contributed by atoms with van der Waals surface area (Å²) >= 11 is 6.05. The molecule has 0 spiro atoms. The number of carbonyl (C=O) groups is 3. The molecule has 0 bridgehead atoms. The summed E-state index contributed by atoms with van der Waals surface area (Å²) in [4.78, 5) is 41.9. The first-order valence-corrected chi connectivity index (χ1v) is 13.8. The lowest BCUT2D eigenvalue weighted by Gasteiger charge is -2.33. The molecule has 0 N–H and O–H groups in total. The van der Waals surface area contributed by atoms with Gasteiger partial charge in [0.2, 0.25) is 21.8 Å². The summed E-state index contributed by atoms with van der Waals surface area (Å²) in [5.41, 5.74) is 0. The van der Waals surface area contributed by atoms with E-state index in [0.717, 1.165) is 9.69 Å². The van der Waals surface area contributed by atoms with Gasteiger partial charge in [0.25, 0.3) is 0 Å². The van der Waals surface area contributed by atoms with E-state index in [1.807, 2.05) is 0 Å². The van der Waals surface area contributed by atoms with Crippen LogP contribution in [0.15, 0.2) is 41.3 Å². The average molecular weight is 536 g/mol. The van der Waals surface area contributed by atoms with Crippen molar-refractivity contribution in [1.82, 2.24) is 14.1 Å².